The molecule has 0 radical (unpaired) electrons. The van der Waals surface area contributed by atoms with Crippen molar-refractivity contribution in [2.24, 2.45) is 0 Å². The van der Waals surface area contributed by atoms with E-state index in [0.717, 1.165) is 0 Å². The van der Waals surface area contributed by atoms with Crippen LogP contribution in [0.2, 0.25) is 0 Å². The van der Waals surface area contributed by atoms with Crippen molar-refractivity contribution < 1.29 is 14.8 Å². The molecule has 0 heterocycles. The molecule has 1 aromatic rings. The van der Waals surface area contributed by atoms with E-state index in [1.165, 1.54) is 6.07 Å². The number of anilines is 1. The van der Waals surface area contributed by atoms with Crippen molar-refractivity contribution in [3.8, 4) is 0 Å². The number of amides is 1. The summed E-state index contributed by atoms with van der Waals surface area (Å²) >= 11 is 0. The summed E-state index contributed by atoms with van der Waals surface area (Å²) in [4.78, 5) is 21.5. The fraction of sp³-hybridized carbons (Fsp3) is 0.364. The quantitative estimate of drug-likeness (QED) is 0.485. The first kappa shape index (κ1) is 13.9. The molecule has 0 aromatic heterocycles. The third-order valence-corrected chi connectivity index (χ3v) is 2.20. The number of aliphatic hydroxyl groups excluding tert-OH is 1. The van der Waals surface area contributed by atoms with Gasteiger partial charge in [0.05, 0.1) is 11.5 Å². The topological polar surface area (TPSA) is 104 Å². The fourth-order valence-electron chi connectivity index (χ4n) is 1.38. The number of nitro groups is 1. The molecule has 0 spiro atoms. The van der Waals surface area contributed by atoms with Crippen LogP contribution in [0.25, 0.3) is 0 Å². The van der Waals surface area contributed by atoms with Crippen LogP contribution in [0.4, 0.5) is 11.4 Å². The van der Waals surface area contributed by atoms with Gasteiger partial charge in [-0.25, -0.2) is 0 Å². The average molecular weight is 253 g/mol. The number of nitro benzene ring substituents is 1. The summed E-state index contributed by atoms with van der Waals surface area (Å²) in [6.45, 7) is 0.399. The van der Waals surface area contributed by atoms with Gasteiger partial charge in [0.15, 0.2) is 0 Å². The first-order valence-electron chi connectivity index (χ1n) is 5.50. The lowest BCUT2D eigenvalue weighted by molar-refractivity contribution is -0.384. The first-order chi connectivity index (χ1) is 8.65. The molecule has 0 saturated heterocycles. The molecule has 0 saturated carbocycles. The van der Waals surface area contributed by atoms with E-state index >= 15 is 0 Å². The molecule has 0 aliphatic rings. The summed E-state index contributed by atoms with van der Waals surface area (Å²) in [7, 11) is 0. The largest absolute Gasteiger partial charge is 0.395 e. The number of aliphatic hydroxyl groups is 1. The van der Waals surface area contributed by atoms with Gasteiger partial charge in [0.1, 0.15) is 5.69 Å². The smallest absolute Gasteiger partial charge is 0.292 e. The highest BCUT2D eigenvalue weighted by Gasteiger charge is 2.11. The van der Waals surface area contributed by atoms with Crippen molar-refractivity contribution in [1.29, 1.82) is 0 Å². The lowest BCUT2D eigenvalue weighted by Crippen LogP contribution is -2.27. The summed E-state index contributed by atoms with van der Waals surface area (Å²) in [5.74, 6) is -0.213. The third kappa shape index (κ3) is 4.38. The van der Waals surface area contributed by atoms with E-state index in [1.54, 1.807) is 18.2 Å². The van der Waals surface area contributed by atoms with Gasteiger partial charge in [-0.1, -0.05) is 12.1 Å². The van der Waals surface area contributed by atoms with E-state index in [9.17, 15) is 14.9 Å². The van der Waals surface area contributed by atoms with Crippen molar-refractivity contribution in [3.63, 3.8) is 0 Å². The zero-order chi connectivity index (χ0) is 13.4. The van der Waals surface area contributed by atoms with Crippen LogP contribution in [0, 0.1) is 10.1 Å². The van der Waals surface area contributed by atoms with Gasteiger partial charge < -0.3 is 15.7 Å². The van der Waals surface area contributed by atoms with Gasteiger partial charge in [0.2, 0.25) is 5.91 Å². The number of rotatable bonds is 7. The SMILES string of the molecule is O=C(CCNc1ccccc1[N+](=O)[O-])NCCO. The predicted octanol–water partition coefficient (Wildman–Crippen LogP) is 0.505. The van der Waals surface area contributed by atoms with E-state index < -0.39 is 4.92 Å². The van der Waals surface area contributed by atoms with Crippen molar-refractivity contribution in [2.45, 2.75) is 6.42 Å². The lowest BCUT2D eigenvalue weighted by atomic mass is 10.2. The molecule has 1 amide bonds. The van der Waals surface area contributed by atoms with Gasteiger partial charge >= 0.3 is 0 Å². The van der Waals surface area contributed by atoms with Crippen LogP contribution in [0.5, 0.6) is 0 Å². The van der Waals surface area contributed by atoms with Crippen LogP contribution < -0.4 is 10.6 Å². The maximum atomic E-state index is 11.2. The number of para-hydroxylation sites is 2. The number of carbonyl (C=O) groups excluding carboxylic acids is 1. The molecule has 1 rings (SSSR count). The molecule has 0 fully saturated rings. The van der Waals surface area contributed by atoms with E-state index in [0.29, 0.717) is 12.2 Å². The molecular weight excluding hydrogens is 238 g/mol. The standard InChI is InChI=1S/C11H15N3O4/c15-8-7-13-11(16)5-6-12-9-3-1-2-4-10(9)14(17)18/h1-4,12,15H,5-8H2,(H,13,16). The minimum absolute atomic E-state index is 0.0201. The van der Waals surface area contributed by atoms with E-state index in [1.807, 2.05) is 0 Å². The molecule has 0 aliphatic heterocycles. The van der Waals surface area contributed by atoms with Crippen LogP contribution in [0.3, 0.4) is 0 Å². The normalized spacial score (nSPS) is 9.83. The van der Waals surface area contributed by atoms with E-state index in [2.05, 4.69) is 10.6 Å². The monoisotopic (exact) mass is 253 g/mol. The molecule has 3 N–H and O–H groups in total. The zero-order valence-corrected chi connectivity index (χ0v) is 9.76. The lowest BCUT2D eigenvalue weighted by Gasteiger charge is -2.07. The zero-order valence-electron chi connectivity index (χ0n) is 9.76. The Kier molecular flexibility index (Phi) is 5.59. The van der Waals surface area contributed by atoms with E-state index in [-0.39, 0.29) is 31.2 Å². The van der Waals surface area contributed by atoms with Gasteiger partial charge in [-0.15, -0.1) is 0 Å². The number of nitrogens with one attached hydrogen (secondary N) is 2. The summed E-state index contributed by atoms with van der Waals surface area (Å²) in [5.41, 5.74) is 0.366. The summed E-state index contributed by atoms with van der Waals surface area (Å²) in [6, 6.07) is 6.25. The third-order valence-electron chi connectivity index (χ3n) is 2.20. The van der Waals surface area contributed by atoms with Gasteiger partial charge in [-0.05, 0) is 6.07 Å². The van der Waals surface area contributed by atoms with Crippen molar-refractivity contribution in [1.82, 2.24) is 5.32 Å². The maximum absolute atomic E-state index is 11.2. The number of carbonyl (C=O) groups is 1. The molecule has 98 valence electrons. The molecule has 0 unspecified atom stereocenters. The molecule has 1 aromatic carbocycles. The fourth-order valence-corrected chi connectivity index (χ4v) is 1.38. The predicted molar refractivity (Wildman–Crippen MR) is 66.3 cm³/mol. The van der Waals surface area contributed by atoms with Gasteiger partial charge in [-0.2, -0.15) is 0 Å². The average Bonchev–Trinajstić information content (AvgIpc) is 2.36. The summed E-state index contributed by atoms with van der Waals surface area (Å²) < 4.78 is 0. The van der Waals surface area contributed by atoms with Crippen LogP contribution in [-0.4, -0.2) is 35.6 Å². The van der Waals surface area contributed by atoms with Gasteiger partial charge in [-0.3, -0.25) is 14.9 Å². The Morgan fingerprint density at radius 3 is 2.72 bits per heavy atom. The Morgan fingerprint density at radius 1 is 1.33 bits per heavy atom. The molecule has 7 heteroatoms. The number of hydrogen-bond donors (Lipinski definition) is 3. The molecule has 7 nitrogen and oxygen atoms in total. The number of benzene rings is 1. The Labute approximate surface area is 104 Å². The molecular formula is C11H15N3O4. The minimum atomic E-state index is -0.478. The molecule has 0 atom stereocenters. The highest BCUT2D eigenvalue weighted by atomic mass is 16.6. The second kappa shape index (κ2) is 7.23. The Bertz CT molecular complexity index is 423. The maximum Gasteiger partial charge on any atom is 0.292 e. The molecule has 18 heavy (non-hydrogen) atoms. The highest BCUT2D eigenvalue weighted by Crippen LogP contribution is 2.22. The summed E-state index contributed by atoms with van der Waals surface area (Å²) in [6.07, 6.45) is 0.187. The first-order valence-corrected chi connectivity index (χ1v) is 5.50. The summed E-state index contributed by atoms with van der Waals surface area (Å²) in [5, 5.41) is 24.6. The van der Waals surface area contributed by atoms with Gasteiger partial charge in [0, 0.05) is 25.6 Å². The van der Waals surface area contributed by atoms with Crippen LogP contribution in [-0.2, 0) is 4.79 Å². The minimum Gasteiger partial charge on any atom is -0.395 e. The second-order valence-corrected chi connectivity index (χ2v) is 3.52. The highest BCUT2D eigenvalue weighted by molar-refractivity contribution is 5.76. The van der Waals surface area contributed by atoms with Crippen molar-refractivity contribution in [2.75, 3.05) is 25.0 Å². The van der Waals surface area contributed by atoms with Gasteiger partial charge in [0.25, 0.3) is 5.69 Å². The van der Waals surface area contributed by atoms with Crippen molar-refractivity contribution >= 4 is 17.3 Å². The molecule has 0 aliphatic carbocycles. The number of nitrogens with zero attached hydrogens (tertiary/aromatic N) is 1. The second-order valence-electron chi connectivity index (χ2n) is 3.52. The van der Waals surface area contributed by atoms with Crippen LogP contribution in [0.1, 0.15) is 6.42 Å². The van der Waals surface area contributed by atoms with Crippen LogP contribution >= 0.6 is 0 Å². The molecule has 0 bridgehead atoms. The Hall–Kier alpha value is -2.15. The number of hydrogen-bond acceptors (Lipinski definition) is 5. The Morgan fingerprint density at radius 2 is 2.06 bits per heavy atom. The van der Waals surface area contributed by atoms with E-state index in [4.69, 9.17) is 5.11 Å². The van der Waals surface area contributed by atoms with Crippen molar-refractivity contribution in [3.05, 3.63) is 34.4 Å². The Balaban J connectivity index is 2.44. The van der Waals surface area contributed by atoms with Crippen LogP contribution in [0.15, 0.2) is 24.3 Å².